The van der Waals surface area contributed by atoms with E-state index in [2.05, 4.69) is 0 Å². The molecular weight excluding hydrogens is 156 g/mol. The van der Waals surface area contributed by atoms with Gasteiger partial charge in [-0.1, -0.05) is 0 Å². The van der Waals surface area contributed by atoms with E-state index in [0.717, 1.165) is 13.2 Å². The number of nitrogens with zero attached hydrogens (tertiary/aromatic N) is 1. The van der Waals surface area contributed by atoms with Gasteiger partial charge in [-0.3, -0.25) is 4.90 Å². The zero-order chi connectivity index (χ0) is 9.40. The Hall–Kier alpha value is -0.160. The van der Waals surface area contributed by atoms with Crippen LogP contribution in [-0.4, -0.2) is 56.0 Å². The molecule has 0 bridgehead atoms. The highest BCUT2D eigenvalue weighted by atomic mass is 16.5. The van der Waals surface area contributed by atoms with E-state index in [9.17, 15) is 0 Å². The molecule has 74 valence electrons. The maximum absolute atomic E-state index is 8.89. The quantitative estimate of drug-likeness (QED) is 0.502. The molecule has 1 atom stereocenters. The Bertz CT molecular complexity index is 97.1. The number of rotatable bonds is 7. The van der Waals surface area contributed by atoms with E-state index in [1.54, 1.807) is 0 Å². The fourth-order valence-corrected chi connectivity index (χ4v) is 0.929. The number of hydrogen-bond acceptors (Lipinski definition) is 4. The highest BCUT2D eigenvalue weighted by Gasteiger charge is 2.10. The Morgan fingerprint density at radius 3 is 2.67 bits per heavy atom. The maximum atomic E-state index is 8.89. The summed E-state index contributed by atoms with van der Waals surface area (Å²) in [6, 6.07) is 0.0606. The van der Waals surface area contributed by atoms with Crippen molar-refractivity contribution in [3.05, 3.63) is 0 Å². The van der Waals surface area contributed by atoms with Gasteiger partial charge in [-0.25, -0.2) is 0 Å². The van der Waals surface area contributed by atoms with Gasteiger partial charge in [0.25, 0.3) is 0 Å². The molecule has 0 aliphatic carbocycles. The second-order valence-electron chi connectivity index (χ2n) is 2.75. The van der Waals surface area contributed by atoms with Crippen LogP contribution >= 0.6 is 0 Å². The van der Waals surface area contributed by atoms with Gasteiger partial charge in [-0.15, -0.1) is 0 Å². The number of ether oxygens (including phenoxy) is 1. The summed E-state index contributed by atoms with van der Waals surface area (Å²) in [6.07, 6.45) is 0. The summed E-state index contributed by atoms with van der Waals surface area (Å²) in [7, 11) is 1.94. The third-order valence-electron chi connectivity index (χ3n) is 1.90. The largest absolute Gasteiger partial charge is 0.395 e. The smallest absolute Gasteiger partial charge is 0.0599 e. The van der Waals surface area contributed by atoms with Crippen molar-refractivity contribution in [1.29, 1.82) is 0 Å². The van der Waals surface area contributed by atoms with Gasteiger partial charge in [0.15, 0.2) is 0 Å². The standard InChI is InChI=1S/C8H20N2O2/c1-3-12-5-4-10(2)8(6-9)7-11/h8,11H,3-7,9H2,1-2H3. The first-order valence-electron chi connectivity index (χ1n) is 4.35. The van der Waals surface area contributed by atoms with Gasteiger partial charge >= 0.3 is 0 Å². The van der Waals surface area contributed by atoms with Crippen LogP contribution in [0.1, 0.15) is 6.92 Å². The molecule has 3 N–H and O–H groups in total. The topological polar surface area (TPSA) is 58.7 Å². The molecule has 0 amide bonds. The van der Waals surface area contributed by atoms with Crippen LogP contribution in [0.5, 0.6) is 0 Å². The highest BCUT2D eigenvalue weighted by Crippen LogP contribution is 1.92. The molecule has 0 aromatic heterocycles. The Morgan fingerprint density at radius 1 is 1.58 bits per heavy atom. The van der Waals surface area contributed by atoms with Crippen molar-refractivity contribution in [2.75, 3.05) is 40.0 Å². The Labute approximate surface area is 74.3 Å². The molecule has 0 heterocycles. The molecule has 4 nitrogen and oxygen atoms in total. The fraction of sp³-hybridized carbons (Fsp3) is 1.00. The molecule has 0 saturated heterocycles. The lowest BCUT2D eigenvalue weighted by molar-refractivity contribution is 0.0898. The summed E-state index contributed by atoms with van der Waals surface area (Å²) in [6.45, 7) is 4.81. The van der Waals surface area contributed by atoms with Crippen molar-refractivity contribution in [3.63, 3.8) is 0 Å². The van der Waals surface area contributed by atoms with E-state index in [0.29, 0.717) is 13.2 Å². The second kappa shape index (κ2) is 7.49. The number of nitrogens with two attached hydrogens (primary N) is 1. The third-order valence-corrected chi connectivity index (χ3v) is 1.90. The summed E-state index contributed by atoms with van der Waals surface area (Å²) in [5.41, 5.74) is 5.45. The van der Waals surface area contributed by atoms with E-state index < -0.39 is 0 Å². The second-order valence-corrected chi connectivity index (χ2v) is 2.75. The zero-order valence-electron chi connectivity index (χ0n) is 7.99. The van der Waals surface area contributed by atoms with Crippen molar-refractivity contribution >= 4 is 0 Å². The minimum Gasteiger partial charge on any atom is -0.395 e. The van der Waals surface area contributed by atoms with Crippen molar-refractivity contribution < 1.29 is 9.84 Å². The van der Waals surface area contributed by atoms with Crippen LogP contribution < -0.4 is 5.73 Å². The summed E-state index contributed by atoms with van der Waals surface area (Å²) < 4.78 is 5.18. The molecule has 0 aliphatic heterocycles. The van der Waals surface area contributed by atoms with Gasteiger partial charge in [-0.05, 0) is 14.0 Å². The zero-order valence-corrected chi connectivity index (χ0v) is 7.99. The average Bonchev–Trinajstić information content (AvgIpc) is 2.07. The molecular formula is C8H20N2O2. The lowest BCUT2D eigenvalue weighted by Crippen LogP contribution is -2.42. The molecule has 12 heavy (non-hydrogen) atoms. The highest BCUT2D eigenvalue weighted by molar-refractivity contribution is 4.67. The monoisotopic (exact) mass is 176 g/mol. The molecule has 4 heteroatoms. The van der Waals surface area contributed by atoms with Crippen LogP contribution in [0.25, 0.3) is 0 Å². The minimum atomic E-state index is 0.0606. The molecule has 0 radical (unpaired) electrons. The normalized spacial score (nSPS) is 13.8. The van der Waals surface area contributed by atoms with E-state index >= 15 is 0 Å². The predicted octanol–water partition coefficient (Wildman–Crippen LogP) is -0.726. The molecule has 0 fully saturated rings. The first-order chi connectivity index (χ1) is 5.76. The van der Waals surface area contributed by atoms with E-state index in [1.165, 1.54) is 0 Å². The van der Waals surface area contributed by atoms with Gasteiger partial charge < -0.3 is 15.6 Å². The predicted molar refractivity (Wildman–Crippen MR) is 49.1 cm³/mol. The summed E-state index contributed by atoms with van der Waals surface area (Å²) in [5, 5.41) is 8.89. The average molecular weight is 176 g/mol. The number of aliphatic hydroxyl groups is 1. The summed E-state index contributed by atoms with van der Waals surface area (Å²) in [4.78, 5) is 2.01. The molecule has 1 unspecified atom stereocenters. The van der Waals surface area contributed by atoms with E-state index in [4.69, 9.17) is 15.6 Å². The van der Waals surface area contributed by atoms with Crippen LogP contribution in [0.2, 0.25) is 0 Å². The van der Waals surface area contributed by atoms with Crippen molar-refractivity contribution in [2.45, 2.75) is 13.0 Å². The first kappa shape index (κ1) is 11.8. The van der Waals surface area contributed by atoms with E-state index in [1.807, 2.05) is 18.9 Å². The molecule has 0 aromatic carbocycles. The maximum Gasteiger partial charge on any atom is 0.0599 e. The van der Waals surface area contributed by atoms with Crippen LogP contribution in [0, 0.1) is 0 Å². The van der Waals surface area contributed by atoms with Gasteiger partial charge in [0.1, 0.15) is 0 Å². The SMILES string of the molecule is CCOCCN(C)C(CN)CO. The molecule has 0 spiro atoms. The Balaban J connectivity index is 3.47. The Morgan fingerprint density at radius 2 is 2.25 bits per heavy atom. The lowest BCUT2D eigenvalue weighted by Gasteiger charge is -2.24. The summed E-state index contributed by atoms with van der Waals surface area (Å²) in [5.74, 6) is 0. The van der Waals surface area contributed by atoms with Crippen LogP contribution in [0.15, 0.2) is 0 Å². The number of aliphatic hydroxyl groups excluding tert-OH is 1. The van der Waals surface area contributed by atoms with Crippen LogP contribution in [0.4, 0.5) is 0 Å². The molecule has 0 rings (SSSR count). The molecule has 0 saturated carbocycles. The van der Waals surface area contributed by atoms with Crippen molar-refractivity contribution in [2.24, 2.45) is 5.73 Å². The fourth-order valence-electron chi connectivity index (χ4n) is 0.929. The first-order valence-corrected chi connectivity index (χ1v) is 4.35. The van der Waals surface area contributed by atoms with Crippen LogP contribution in [0.3, 0.4) is 0 Å². The van der Waals surface area contributed by atoms with Crippen LogP contribution in [-0.2, 0) is 4.74 Å². The lowest BCUT2D eigenvalue weighted by atomic mass is 10.3. The third kappa shape index (κ3) is 4.66. The van der Waals surface area contributed by atoms with Gasteiger partial charge in [0.2, 0.25) is 0 Å². The Kier molecular flexibility index (Phi) is 7.39. The minimum absolute atomic E-state index is 0.0606. The summed E-state index contributed by atoms with van der Waals surface area (Å²) >= 11 is 0. The van der Waals surface area contributed by atoms with Gasteiger partial charge in [0.05, 0.1) is 13.2 Å². The number of hydrogen-bond donors (Lipinski definition) is 2. The van der Waals surface area contributed by atoms with E-state index in [-0.39, 0.29) is 12.6 Å². The van der Waals surface area contributed by atoms with Gasteiger partial charge in [0, 0.05) is 25.7 Å². The molecule has 0 aliphatic rings. The number of likely N-dealkylation sites (N-methyl/N-ethyl adjacent to an activating group) is 1. The van der Waals surface area contributed by atoms with Gasteiger partial charge in [-0.2, -0.15) is 0 Å². The van der Waals surface area contributed by atoms with Crippen molar-refractivity contribution in [3.8, 4) is 0 Å². The molecule has 0 aromatic rings. The van der Waals surface area contributed by atoms with Crippen molar-refractivity contribution in [1.82, 2.24) is 4.90 Å².